The molecule has 5 rings (SSSR count). The van der Waals surface area contributed by atoms with Crippen LogP contribution in [0.4, 0.5) is 0 Å². The Labute approximate surface area is 315 Å². The number of primary amides is 1. The molecule has 9 N–H and O–H groups in total. The molecule has 51 heavy (non-hydrogen) atoms. The minimum absolute atomic E-state index is 0. The highest BCUT2D eigenvalue weighted by atomic mass is 32.1. The lowest BCUT2D eigenvalue weighted by molar-refractivity contribution is -0.140. The Bertz CT molecular complexity index is 1460. The molecule has 3 amide bonds. The number of rotatable bonds is 6. The third kappa shape index (κ3) is 11.4. The number of carbonyl (C=O) groups is 3. The molecule has 2 aliphatic heterocycles. The molecule has 14 heteroatoms. The van der Waals surface area contributed by atoms with Crippen molar-refractivity contribution in [3.05, 3.63) is 35.9 Å². The zero-order valence-electron chi connectivity index (χ0n) is 31.9. The van der Waals surface area contributed by atoms with Crippen LogP contribution in [-0.4, -0.2) is 88.3 Å². The normalized spacial score (nSPS) is 24.6. The number of nitrogens with two attached hydrogens (primary N) is 2. The van der Waals surface area contributed by atoms with Crippen LogP contribution in [0, 0.1) is 12.8 Å². The van der Waals surface area contributed by atoms with Crippen LogP contribution in [0.3, 0.4) is 0 Å². The first-order valence-electron chi connectivity index (χ1n) is 17.6. The topological polar surface area (TPSA) is 222 Å². The van der Waals surface area contributed by atoms with Gasteiger partial charge < -0.3 is 46.8 Å². The number of benzene rings is 1. The molecule has 298 valence electrons. The Morgan fingerprint density at radius 3 is 2.37 bits per heavy atom. The number of fused-ring (bicyclic) bond motifs is 3. The van der Waals surface area contributed by atoms with Crippen molar-refractivity contribution in [2.75, 3.05) is 19.9 Å². The summed E-state index contributed by atoms with van der Waals surface area (Å²) in [6.45, 7) is 13.9. The molecule has 5 atom stereocenters. The van der Waals surface area contributed by atoms with E-state index in [1.807, 2.05) is 72.8 Å². The quantitative estimate of drug-likeness (QED) is 0.236. The third-order valence-electron chi connectivity index (χ3n) is 8.71. The van der Waals surface area contributed by atoms with Crippen LogP contribution in [-0.2, 0) is 14.4 Å². The van der Waals surface area contributed by atoms with Crippen LogP contribution in [0.2, 0.25) is 0 Å². The van der Waals surface area contributed by atoms with E-state index in [0.717, 1.165) is 36.6 Å². The third-order valence-corrected chi connectivity index (χ3v) is 8.71. The van der Waals surface area contributed by atoms with Crippen LogP contribution < -0.4 is 31.0 Å². The molecule has 1 saturated carbocycles. The van der Waals surface area contributed by atoms with E-state index in [1.165, 1.54) is 4.90 Å². The van der Waals surface area contributed by atoms with Crippen LogP contribution in [0.25, 0.3) is 10.9 Å². The van der Waals surface area contributed by atoms with Gasteiger partial charge in [0.1, 0.15) is 29.2 Å². The maximum Gasteiger partial charge on any atom is 0.243 e. The Morgan fingerprint density at radius 2 is 1.76 bits per heavy atom. The second-order valence-corrected chi connectivity index (χ2v) is 12.2. The molecule has 1 aliphatic carbocycles. The summed E-state index contributed by atoms with van der Waals surface area (Å²) in [6.07, 6.45) is 9.82. The molecule has 0 bridgehead atoms. The molecule has 0 spiro atoms. The predicted molar refractivity (Wildman–Crippen MR) is 215 cm³/mol. The van der Waals surface area contributed by atoms with Crippen molar-refractivity contribution in [1.82, 2.24) is 15.2 Å². The number of methoxy groups -OCH3 is 1. The van der Waals surface area contributed by atoms with Crippen LogP contribution in [0.5, 0.6) is 17.4 Å². The fourth-order valence-electron chi connectivity index (χ4n) is 6.24. The largest absolute Gasteiger partial charge is 0.496 e. The summed E-state index contributed by atoms with van der Waals surface area (Å²) in [5, 5.41) is 3.67. The summed E-state index contributed by atoms with van der Waals surface area (Å²) < 4.78 is 18.0. The van der Waals surface area contributed by atoms with Crippen molar-refractivity contribution in [1.29, 1.82) is 0 Å². The maximum absolute atomic E-state index is 13.8. The molecule has 3 aliphatic rings. The molecule has 1 aromatic heterocycles. The molecular weight excluding hydrogens is 675 g/mol. The van der Waals surface area contributed by atoms with Gasteiger partial charge in [-0.05, 0) is 64.8 Å². The Balaban J connectivity index is -0.000000662. The van der Waals surface area contributed by atoms with Gasteiger partial charge in [0, 0.05) is 35.1 Å². The second kappa shape index (κ2) is 22.4. The average molecular weight is 746 g/mol. The average Bonchev–Trinajstić information content (AvgIpc) is 3.64. The number of nitrogens with zero attached hydrogens (tertiary/aromatic N) is 2. The lowest BCUT2D eigenvalue weighted by atomic mass is 10.1. The van der Waals surface area contributed by atoms with E-state index in [9.17, 15) is 14.4 Å². The number of pyridine rings is 1. The van der Waals surface area contributed by atoms with Crippen LogP contribution >= 0.6 is 12.6 Å². The van der Waals surface area contributed by atoms with E-state index in [2.05, 4.69) is 17.9 Å². The molecule has 13 nitrogen and oxygen atoms in total. The second-order valence-electron chi connectivity index (χ2n) is 12.2. The van der Waals surface area contributed by atoms with Gasteiger partial charge in [-0.25, -0.2) is 4.98 Å². The summed E-state index contributed by atoms with van der Waals surface area (Å²) in [6, 6.07) is 3.87. The fraction of sp³-hybridized carbons (Fsp3) is 0.622. The molecule has 2 fully saturated rings. The Morgan fingerprint density at radius 1 is 1.10 bits per heavy atom. The van der Waals surface area contributed by atoms with Gasteiger partial charge in [0.25, 0.3) is 0 Å². The highest BCUT2D eigenvalue weighted by molar-refractivity contribution is 7.79. The van der Waals surface area contributed by atoms with Gasteiger partial charge in [-0.3, -0.25) is 14.4 Å². The number of nitrogens with one attached hydrogen (secondary N) is 1. The standard InChI is InChI=1S/C32H43N5O6.2C2H6.CH4S.2H2O.4H2/c1-18(2)42-27-15-26(22-12-13-25(41-4)19(3)28(22)35-27)43-21-14-24-29(38)36-32(31(34)40)16-20(32)10-8-6-5-7-9-11-23(33)30(39)37(24)17-21;3*1-2;;;;;;/h8,10,12-13,15,18,20-21,23-24H,5-7,9,11,14,16-17,33H2,1-4H3,(H2,34,40)(H,36,38);2*1-2H3;2H,1H3;2*1H2;4*1H/b10-8-;;;;;;;;;/t20-,21-,23+,24+,32-;;;;;;;;;/m1........./s1. The summed E-state index contributed by atoms with van der Waals surface area (Å²) >= 11 is 3.53. The SMILES string of the molecule is CC.CC.COc1ccc2c(O[C@@H]3C[C@H]4C(=O)N[C@]5(C(N)=O)C[C@H]5/C=C\CCCCC[C@H](N)C(=O)N4C3)cc(OC(C)C)nc2c1C.CS.O.O.[HH].[HH].[HH].[HH]. The van der Waals surface area contributed by atoms with E-state index in [4.69, 9.17) is 30.7 Å². The van der Waals surface area contributed by atoms with Gasteiger partial charge in [0.15, 0.2) is 0 Å². The first-order valence-corrected chi connectivity index (χ1v) is 18.5. The van der Waals surface area contributed by atoms with Crippen LogP contribution in [0.1, 0.15) is 97.8 Å². The highest BCUT2D eigenvalue weighted by Gasteiger charge is 2.60. The smallest absolute Gasteiger partial charge is 0.243 e. The zero-order valence-corrected chi connectivity index (χ0v) is 32.8. The summed E-state index contributed by atoms with van der Waals surface area (Å²) in [5.74, 6) is 0.135. The van der Waals surface area contributed by atoms with Gasteiger partial charge in [0.05, 0.1) is 31.3 Å². The zero-order chi connectivity index (χ0) is 36.9. The van der Waals surface area contributed by atoms with Gasteiger partial charge in [-0.1, -0.05) is 52.7 Å². The van der Waals surface area contributed by atoms with Crippen molar-refractivity contribution in [2.45, 2.75) is 123 Å². The monoisotopic (exact) mass is 746 g/mol. The molecule has 0 radical (unpaired) electrons. The van der Waals surface area contributed by atoms with E-state index in [1.54, 1.807) is 19.4 Å². The van der Waals surface area contributed by atoms with Crippen molar-refractivity contribution < 1.29 is 45.3 Å². The molecule has 1 aromatic carbocycles. The number of aromatic nitrogens is 1. The van der Waals surface area contributed by atoms with Crippen LogP contribution in [0.15, 0.2) is 30.4 Å². The predicted octanol–water partition coefficient (Wildman–Crippen LogP) is 4.83. The van der Waals surface area contributed by atoms with E-state index in [0.29, 0.717) is 35.7 Å². The van der Waals surface area contributed by atoms with Crippen molar-refractivity contribution in [3.63, 3.8) is 0 Å². The van der Waals surface area contributed by atoms with Crippen molar-refractivity contribution in [3.8, 4) is 17.4 Å². The number of hydrogen-bond acceptors (Lipinski definition) is 9. The Kier molecular flexibility index (Phi) is 20.8. The van der Waals surface area contributed by atoms with Crippen molar-refractivity contribution >= 4 is 41.3 Å². The van der Waals surface area contributed by atoms with E-state index >= 15 is 0 Å². The van der Waals surface area contributed by atoms with E-state index in [-0.39, 0.29) is 47.6 Å². The van der Waals surface area contributed by atoms with Gasteiger partial charge in [0.2, 0.25) is 23.6 Å². The number of amides is 3. The number of allylic oxidation sites excluding steroid dienone is 1. The lowest BCUT2D eigenvalue weighted by Crippen LogP contribution is -2.56. The molecular formula is C37H71N5O8S. The number of thiol groups is 1. The summed E-state index contributed by atoms with van der Waals surface area (Å²) in [5.41, 5.74) is 12.5. The maximum atomic E-state index is 13.8. The summed E-state index contributed by atoms with van der Waals surface area (Å²) in [4.78, 5) is 46.1. The van der Waals surface area contributed by atoms with Crippen molar-refractivity contribution in [2.24, 2.45) is 17.4 Å². The highest BCUT2D eigenvalue weighted by Crippen LogP contribution is 2.45. The number of hydrogen-bond donors (Lipinski definition) is 4. The Hall–Kier alpha value is -3.59. The number of aryl methyl sites for hydroxylation is 1. The van der Waals surface area contributed by atoms with Gasteiger partial charge >= 0.3 is 0 Å². The van der Waals surface area contributed by atoms with Gasteiger partial charge in [-0.15, -0.1) is 0 Å². The molecule has 0 unspecified atom stereocenters. The first kappa shape index (κ1) is 47.4. The first-order chi connectivity index (χ1) is 23.5. The fourth-order valence-corrected chi connectivity index (χ4v) is 6.24. The molecule has 2 aromatic rings. The summed E-state index contributed by atoms with van der Waals surface area (Å²) in [7, 11) is 1.61. The number of ether oxygens (including phenoxy) is 3. The minimum atomic E-state index is -1.15. The van der Waals surface area contributed by atoms with Gasteiger partial charge in [-0.2, -0.15) is 12.6 Å². The molecule has 3 heterocycles. The number of carbonyl (C=O) groups excluding carboxylic acids is 3. The van der Waals surface area contributed by atoms with E-state index < -0.39 is 35.5 Å². The molecule has 1 saturated heterocycles. The lowest BCUT2D eigenvalue weighted by Gasteiger charge is -2.28. The minimum Gasteiger partial charge on any atom is -0.496 e.